The van der Waals surface area contributed by atoms with Crippen molar-refractivity contribution in [2.45, 2.75) is 19.0 Å². The second kappa shape index (κ2) is 5.01. The van der Waals surface area contributed by atoms with E-state index in [0.29, 0.717) is 4.67 Å². The maximum Gasteiger partial charge on any atom is 0.435 e. The van der Waals surface area contributed by atoms with Crippen LogP contribution in [0.5, 0.6) is 0 Å². The van der Waals surface area contributed by atoms with Crippen LogP contribution in [0.2, 0.25) is 0 Å². The van der Waals surface area contributed by atoms with Crippen LogP contribution in [0.3, 0.4) is 0 Å². The van der Waals surface area contributed by atoms with E-state index in [1.54, 1.807) is 0 Å². The minimum absolute atomic E-state index is 0.0395. The minimum atomic E-state index is -4.24. The Morgan fingerprint density at radius 2 is 2.29 bits per heavy atom. The van der Waals surface area contributed by atoms with Gasteiger partial charge in [0.15, 0.2) is 0 Å². The minimum Gasteiger partial charge on any atom is -0.465 e. The van der Waals surface area contributed by atoms with Crippen LogP contribution in [0.25, 0.3) is 0 Å². The van der Waals surface area contributed by atoms with Crippen LogP contribution in [0, 0.1) is 0 Å². The zero-order valence-corrected chi connectivity index (χ0v) is 9.96. The van der Waals surface area contributed by atoms with E-state index in [2.05, 4.69) is 4.52 Å². The molecule has 1 fully saturated rings. The molecule has 10 heteroatoms. The lowest BCUT2D eigenvalue weighted by Gasteiger charge is -2.45. The van der Waals surface area contributed by atoms with Crippen molar-refractivity contribution < 1.29 is 28.7 Å². The van der Waals surface area contributed by atoms with Crippen LogP contribution >= 0.6 is 7.75 Å². The highest BCUT2D eigenvalue weighted by Gasteiger charge is 2.54. The molecule has 5 N–H and O–H groups in total. The van der Waals surface area contributed by atoms with Crippen LogP contribution in [-0.2, 0) is 13.9 Å². The number of nitrogens with one attached hydrogen (secondary N) is 1. The number of hydrogen-bond donors (Lipinski definition) is 4. The highest BCUT2D eigenvalue weighted by Crippen LogP contribution is 2.52. The van der Waals surface area contributed by atoms with Crippen LogP contribution in [0.1, 0.15) is 6.92 Å². The Morgan fingerprint density at radius 1 is 1.71 bits per heavy atom. The van der Waals surface area contributed by atoms with Crippen LogP contribution in [0.4, 0.5) is 4.79 Å². The Morgan fingerprint density at radius 3 is 2.71 bits per heavy atom. The number of rotatable bonds is 5. The Bertz CT molecular complexity index is 375. The lowest BCUT2D eigenvalue weighted by molar-refractivity contribution is -0.142. The van der Waals surface area contributed by atoms with Crippen LogP contribution in [0.15, 0.2) is 0 Å². The van der Waals surface area contributed by atoms with E-state index in [4.69, 9.17) is 10.8 Å². The molecule has 0 aliphatic carbocycles. The van der Waals surface area contributed by atoms with E-state index in [9.17, 15) is 19.0 Å². The van der Waals surface area contributed by atoms with Gasteiger partial charge in [-0.25, -0.2) is 14.0 Å². The first-order chi connectivity index (χ1) is 7.81. The third-order valence-electron chi connectivity index (χ3n) is 2.29. The zero-order valence-electron chi connectivity index (χ0n) is 9.07. The summed E-state index contributed by atoms with van der Waals surface area (Å²) in [6, 6.07) is -1.76. The second-order valence-electron chi connectivity index (χ2n) is 3.46. The Labute approximate surface area is 97.1 Å². The average Bonchev–Trinajstić information content (AvgIpc) is 2.23. The van der Waals surface area contributed by atoms with Gasteiger partial charge >= 0.3 is 13.8 Å². The lowest BCUT2D eigenvalue weighted by atomic mass is 10.0. The second-order valence-corrected chi connectivity index (χ2v) is 5.13. The van der Waals surface area contributed by atoms with E-state index in [1.165, 1.54) is 6.92 Å². The molecule has 0 bridgehead atoms. The Hall–Kier alpha value is -1.15. The standard InChI is InChI=1S/C7H14N3O6P/c1-4-5(9-7(12)13)6(11)10(4)17(14,15)16-3-2-8/h4-5,9H,2-3,8H2,1H3,(H,12,13)(H,14,15)/t4-,5-/m0/s1. The summed E-state index contributed by atoms with van der Waals surface area (Å²) < 4.78 is 16.8. The fourth-order valence-electron chi connectivity index (χ4n) is 1.51. The molecule has 0 spiro atoms. The van der Waals surface area contributed by atoms with E-state index >= 15 is 0 Å². The van der Waals surface area contributed by atoms with Crippen molar-refractivity contribution in [2.24, 2.45) is 5.73 Å². The summed E-state index contributed by atoms with van der Waals surface area (Å²) in [4.78, 5) is 31.3. The number of carboxylic acid groups (broad SMARTS) is 1. The van der Waals surface area contributed by atoms with Crippen molar-refractivity contribution in [2.75, 3.05) is 13.2 Å². The SMILES string of the molecule is C[C@H]1[C@H](NC(=O)O)C(=O)N1P(=O)(O)OCCN. The number of amides is 2. The van der Waals surface area contributed by atoms with E-state index < -0.39 is 31.8 Å². The van der Waals surface area contributed by atoms with Gasteiger partial charge in [0.25, 0.3) is 5.91 Å². The summed E-state index contributed by atoms with van der Waals surface area (Å²) in [5, 5.41) is 10.4. The lowest BCUT2D eigenvalue weighted by Crippen LogP contribution is -2.68. The van der Waals surface area contributed by atoms with Gasteiger partial charge in [-0.2, -0.15) is 0 Å². The zero-order chi connectivity index (χ0) is 13.2. The van der Waals surface area contributed by atoms with Gasteiger partial charge in [-0.15, -0.1) is 0 Å². The molecular weight excluding hydrogens is 253 g/mol. The van der Waals surface area contributed by atoms with Crippen molar-refractivity contribution in [1.29, 1.82) is 0 Å². The molecular formula is C7H14N3O6P. The topological polar surface area (TPSA) is 142 Å². The molecule has 3 atom stereocenters. The van der Waals surface area contributed by atoms with Crippen molar-refractivity contribution in [3.8, 4) is 0 Å². The fourth-order valence-corrected chi connectivity index (χ4v) is 2.95. The van der Waals surface area contributed by atoms with Crippen LogP contribution in [-0.4, -0.2) is 51.9 Å². The van der Waals surface area contributed by atoms with Gasteiger partial charge in [-0.3, -0.25) is 9.32 Å². The first-order valence-electron chi connectivity index (χ1n) is 4.81. The van der Waals surface area contributed by atoms with Gasteiger partial charge in [-0.05, 0) is 6.92 Å². The highest BCUT2D eigenvalue weighted by atomic mass is 31.2. The summed E-state index contributed by atoms with van der Waals surface area (Å²) in [5.41, 5.74) is 5.11. The quantitative estimate of drug-likeness (QED) is 0.367. The van der Waals surface area contributed by atoms with Gasteiger partial charge in [-0.1, -0.05) is 0 Å². The normalized spacial score (nSPS) is 27.2. The van der Waals surface area contributed by atoms with Gasteiger partial charge < -0.3 is 21.1 Å². The predicted octanol–water partition coefficient (Wildman–Crippen LogP) is -1.07. The third kappa shape index (κ3) is 2.75. The summed E-state index contributed by atoms with van der Waals surface area (Å²) in [6.07, 6.45) is -1.37. The predicted molar refractivity (Wildman–Crippen MR) is 56.1 cm³/mol. The molecule has 0 saturated carbocycles. The number of carbonyl (C=O) groups excluding carboxylic acids is 1. The van der Waals surface area contributed by atoms with E-state index in [-0.39, 0.29) is 13.2 Å². The maximum absolute atomic E-state index is 11.6. The van der Waals surface area contributed by atoms with Crippen molar-refractivity contribution in [3.63, 3.8) is 0 Å². The third-order valence-corrected chi connectivity index (χ3v) is 3.91. The summed E-state index contributed by atoms with van der Waals surface area (Å²) in [5.74, 6) is -0.789. The molecule has 2 amide bonds. The average molecular weight is 267 g/mol. The number of nitrogens with zero attached hydrogens (tertiary/aromatic N) is 1. The molecule has 1 aliphatic heterocycles. The number of nitrogens with two attached hydrogens (primary N) is 1. The summed E-state index contributed by atoms with van der Waals surface area (Å²) >= 11 is 0. The van der Waals surface area contributed by atoms with Crippen molar-refractivity contribution in [3.05, 3.63) is 0 Å². The number of β-lactam (4-membered cyclic amide) rings is 1. The molecule has 1 saturated heterocycles. The molecule has 98 valence electrons. The van der Waals surface area contributed by atoms with Gasteiger partial charge in [0.1, 0.15) is 6.04 Å². The first-order valence-corrected chi connectivity index (χ1v) is 6.34. The maximum atomic E-state index is 11.6. The van der Waals surface area contributed by atoms with Crippen molar-refractivity contribution >= 4 is 19.7 Å². The van der Waals surface area contributed by atoms with Gasteiger partial charge in [0.05, 0.1) is 12.6 Å². The number of hydrogen-bond acceptors (Lipinski definition) is 5. The first kappa shape index (κ1) is 13.9. The highest BCUT2D eigenvalue weighted by molar-refractivity contribution is 7.51. The molecule has 0 aromatic carbocycles. The smallest absolute Gasteiger partial charge is 0.435 e. The Kier molecular flexibility index (Phi) is 4.10. The largest absolute Gasteiger partial charge is 0.465 e. The van der Waals surface area contributed by atoms with Gasteiger partial charge in [0.2, 0.25) is 0 Å². The van der Waals surface area contributed by atoms with E-state index in [1.807, 2.05) is 5.32 Å². The molecule has 0 aromatic rings. The van der Waals surface area contributed by atoms with Crippen molar-refractivity contribution in [1.82, 2.24) is 9.99 Å². The fraction of sp³-hybridized carbons (Fsp3) is 0.714. The molecule has 1 unspecified atom stereocenters. The number of carbonyl (C=O) groups is 2. The molecule has 0 aromatic heterocycles. The van der Waals surface area contributed by atoms with Gasteiger partial charge in [0, 0.05) is 6.54 Å². The monoisotopic (exact) mass is 267 g/mol. The molecule has 9 nitrogen and oxygen atoms in total. The molecule has 1 heterocycles. The van der Waals surface area contributed by atoms with E-state index in [0.717, 1.165) is 0 Å². The Balaban J connectivity index is 2.67. The summed E-state index contributed by atoms with van der Waals surface area (Å²) in [7, 11) is -4.24. The molecule has 17 heavy (non-hydrogen) atoms. The molecule has 1 aliphatic rings. The summed E-state index contributed by atoms with van der Waals surface area (Å²) in [6.45, 7) is 1.32. The van der Waals surface area contributed by atoms with Crippen LogP contribution < -0.4 is 11.1 Å². The molecule has 0 radical (unpaired) electrons. The molecule has 1 rings (SSSR count).